The monoisotopic (exact) mass is 433 g/mol. The fraction of sp³-hybridized carbons (Fsp3) is 0.522. The molecule has 0 aliphatic rings. The Hall–Kier alpha value is -2.12. The van der Waals surface area contributed by atoms with Crippen LogP contribution < -0.4 is 9.62 Å². The number of amides is 1. The SMILES string of the molecule is CC(C)(C)OC(=O)NCCCCCCCCN(c1cccc2ccccc12)S(=O)[O-]. The van der Waals surface area contributed by atoms with Gasteiger partial charge in [0.1, 0.15) is 5.60 Å². The molecule has 0 bridgehead atoms. The lowest BCUT2D eigenvalue weighted by molar-refractivity contribution is 0.0527. The molecular formula is C23H33N2O4S-. The fourth-order valence-electron chi connectivity index (χ4n) is 3.29. The van der Waals surface area contributed by atoms with E-state index in [1.54, 1.807) is 0 Å². The average molecular weight is 434 g/mol. The first-order chi connectivity index (χ1) is 14.3. The first kappa shape index (κ1) is 24.2. The van der Waals surface area contributed by atoms with Crippen molar-refractivity contribution in [3.05, 3.63) is 42.5 Å². The summed E-state index contributed by atoms with van der Waals surface area (Å²) in [7, 11) is 0. The molecule has 2 aromatic carbocycles. The molecule has 0 aliphatic heterocycles. The number of benzene rings is 2. The van der Waals surface area contributed by atoms with Gasteiger partial charge in [0, 0.05) is 29.7 Å². The minimum absolute atomic E-state index is 0.373. The number of unbranched alkanes of at least 4 members (excludes halogenated alkanes) is 5. The maximum absolute atomic E-state index is 11.8. The van der Waals surface area contributed by atoms with E-state index in [1.807, 2.05) is 63.2 Å². The average Bonchev–Trinajstić information content (AvgIpc) is 2.67. The number of hydrogen-bond donors (Lipinski definition) is 1. The van der Waals surface area contributed by atoms with Crippen LogP contribution in [0.5, 0.6) is 0 Å². The Bertz CT molecular complexity index is 830. The number of nitrogens with zero attached hydrogens (tertiary/aromatic N) is 1. The number of rotatable bonds is 11. The van der Waals surface area contributed by atoms with E-state index in [0.29, 0.717) is 13.1 Å². The molecular weight excluding hydrogens is 400 g/mol. The van der Waals surface area contributed by atoms with Crippen LogP contribution in [0.25, 0.3) is 10.8 Å². The van der Waals surface area contributed by atoms with Crippen LogP contribution in [0, 0.1) is 0 Å². The number of carbonyl (C=O) groups is 1. The lowest BCUT2D eigenvalue weighted by atomic mass is 10.1. The lowest BCUT2D eigenvalue weighted by Gasteiger charge is -2.27. The molecule has 166 valence electrons. The normalized spacial score (nSPS) is 12.5. The van der Waals surface area contributed by atoms with Crippen LogP contribution >= 0.6 is 0 Å². The molecule has 0 spiro atoms. The fourth-order valence-corrected chi connectivity index (χ4v) is 3.89. The molecule has 1 atom stereocenters. The molecule has 6 nitrogen and oxygen atoms in total. The molecule has 0 aromatic heterocycles. The van der Waals surface area contributed by atoms with Gasteiger partial charge in [-0.15, -0.1) is 0 Å². The number of fused-ring (bicyclic) bond motifs is 1. The van der Waals surface area contributed by atoms with Crippen LogP contribution in [0.3, 0.4) is 0 Å². The number of nitrogens with one attached hydrogen (secondary N) is 1. The van der Waals surface area contributed by atoms with Gasteiger partial charge >= 0.3 is 6.09 Å². The van der Waals surface area contributed by atoms with E-state index < -0.39 is 16.9 Å². The van der Waals surface area contributed by atoms with E-state index in [0.717, 1.165) is 55.0 Å². The van der Waals surface area contributed by atoms with Crippen molar-refractivity contribution >= 4 is 33.8 Å². The van der Waals surface area contributed by atoms with Gasteiger partial charge in [-0.2, -0.15) is 0 Å². The van der Waals surface area contributed by atoms with Crippen molar-refractivity contribution < 1.29 is 18.3 Å². The summed E-state index contributed by atoms with van der Waals surface area (Å²) >= 11 is -2.30. The smallest absolute Gasteiger partial charge is 0.407 e. The van der Waals surface area contributed by atoms with Crippen molar-refractivity contribution in [1.82, 2.24) is 5.32 Å². The summed E-state index contributed by atoms with van der Waals surface area (Å²) in [4.78, 5) is 11.6. The topological polar surface area (TPSA) is 81.7 Å². The standard InChI is InChI=1S/C23H34N2O4S/c1-23(2,3)29-22(26)24-17-10-6-4-5-7-11-18-25(30(27)28)21-16-12-14-19-13-8-9-15-20(19)21/h8-9,12-16H,4-7,10-11,17-18H2,1-3H3,(H,24,26)(H,27,28)/p-1. The highest BCUT2D eigenvalue weighted by Crippen LogP contribution is 2.27. The minimum Gasteiger partial charge on any atom is -0.755 e. The maximum Gasteiger partial charge on any atom is 0.407 e. The highest BCUT2D eigenvalue weighted by atomic mass is 32.2. The third-order valence-electron chi connectivity index (χ3n) is 4.67. The molecule has 2 rings (SSSR count). The van der Waals surface area contributed by atoms with Crippen LogP contribution in [-0.4, -0.2) is 33.5 Å². The van der Waals surface area contributed by atoms with Crippen LogP contribution in [-0.2, 0) is 16.0 Å². The number of alkyl carbamates (subject to hydrolysis) is 1. The van der Waals surface area contributed by atoms with Crippen LogP contribution in [0.4, 0.5) is 10.5 Å². The Morgan fingerprint density at radius 3 is 2.33 bits per heavy atom. The predicted molar refractivity (Wildman–Crippen MR) is 122 cm³/mol. The number of carbonyl (C=O) groups excluding carboxylic acids is 1. The Morgan fingerprint density at radius 1 is 1.00 bits per heavy atom. The quantitative estimate of drug-likeness (QED) is 0.385. The highest BCUT2D eigenvalue weighted by Gasteiger charge is 2.15. The zero-order chi connectivity index (χ0) is 22.0. The summed E-state index contributed by atoms with van der Waals surface area (Å²) in [6.07, 6.45) is 5.45. The molecule has 30 heavy (non-hydrogen) atoms. The van der Waals surface area contributed by atoms with Crippen molar-refractivity contribution in [2.45, 2.75) is 64.9 Å². The second-order valence-corrected chi connectivity index (χ2v) is 9.24. The zero-order valence-corrected chi connectivity index (χ0v) is 19.0. The summed E-state index contributed by atoms with van der Waals surface area (Å²) < 4.78 is 30.3. The van der Waals surface area contributed by atoms with E-state index in [-0.39, 0.29) is 6.09 Å². The molecule has 1 N–H and O–H groups in total. The van der Waals surface area contributed by atoms with Crippen molar-refractivity contribution in [1.29, 1.82) is 0 Å². The van der Waals surface area contributed by atoms with Gasteiger partial charge in [0.25, 0.3) is 0 Å². The summed E-state index contributed by atoms with van der Waals surface area (Å²) in [5, 5.41) is 4.74. The lowest BCUT2D eigenvalue weighted by Crippen LogP contribution is -2.32. The van der Waals surface area contributed by atoms with E-state index in [9.17, 15) is 13.6 Å². The van der Waals surface area contributed by atoms with Gasteiger partial charge in [-0.3, -0.25) is 4.21 Å². The Kier molecular flexibility index (Phi) is 9.59. The van der Waals surface area contributed by atoms with Gasteiger partial charge in [0.2, 0.25) is 0 Å². The molecule has 7 heteroatoms. The Labute approximate surface area is 182 Å². The third-order valence-corrected chi connectivity index (χ3v) is 5.41. The summed E-state index contributed by atoms with van der Waals surface area (Å²) in [6, 6.07) is 13.6. The van der Waals surface area contributed by atoms with Crippen LogP contribution in [0.2, 0.25) is 0 Å². The minimum atomic E-state index is -2.30. The van der Waals surface area contributed by atoms with Gasteiger partial charge < -0.3 is 18.9 Å². The first-order valence-corrected chi connectivity index (χ1v) is 11.6. The van der Waals surface area contributed by atoms with Gasteiger partial charge in [0.15, 0.2) is 0 Å². The maximum atomic E-state index is 11.8. The molecule has 1 unspecified atom stereocenters. The van der Waals surface area contributed by atoms with E-state index in [2.05, 4.69) is 5.32 Å². The number of hydrogen-bond acceptors (Lipinski definition) is 4. The first-order valence-electron chi connectivity index (χ1n) is 10.6. The number of ether oxygens (including phenoxy) is 1. The second-order valence-electron chi connectivity index (χ2n) is 8.37. The molecule has 1 amide bonds. The predicted octanol–water partition coefficient (Wildman–Crippen LogP) is 5.31. The molecule has 0 heterocycles. The molecule has 0 saturated heterocycles. The zero-order valence-electron chi connectivity index (χ0n) is 18.2. The Balaban J connectivity index is 1.66. The summed E-state index contributed by atoms with van der Waals surface area (Å²) in [5.74, 6) is 0. The molecule has 2 aromatic rings. The van der Waals surface area contributed by atoms with Gasteiger partial charge in [0.05, 0.1) is 5.69 Å². The van der Waals surface area contributed by atoms with Crippen LogP contribution in [0.1, 0.15) is 59.3 Å². The van der Waals surface area contributed by atoms with E-state index >= 15 is 0 Å². The largest absolute Gasteiger partial charge is 0.755 e. The van der Waals surface area contributed by atoms with E-state index in [1.165, 1.54) is 4.31 Å². The molecule has 0 radical (unpaired) electrons. The van der Waals surface area contributed by atoms with Gasteiger partial charge in [-0.25, -0.2) is 4.79 Å². The molecule has 0 saturated carbocycles. The van der Waals surface area contributed by atoms with E-state index in [4.69, 9.17) is 4.74 Å². The van der Waals surface area contributed by atoms with Crippen molar-refractivity contribution in [2.75, 3.05) is 17.4 Å². The van der Waals surface area contributed by atoms with Crippen molar-refractivity contribution in [2.24, 2.45) is 0 Å². The number of anilines is 1. The van der Waals surface area contributed by atoms with Gasteiger partial charge in [-0.1, -0.05) is 62.1 Å². The van der Waals surface area contributed by atoms with Gasteiger partial charge in [-0.05, 0) is 45.1 Å². The second kappa shape index (κ2) is 11.9. The van der Waals surface area contributed by atoms with Crippen molar-refractivity contribution in [3.8, 4) is 0 Å². The molecule has 0 aliphatic carbocycles. The van der Waals surface area contributed by atoms with Crippen molar-refractivity contribution in [3.63, 3.8) is 0 Å². The highest BCUT2D eigenvalue weighted by molar-refractivity contribution is 7.80. The molecule has 0 fully saturated rings. The van der Waals surface area contributed by atoms with Crippen LogP contribution in [0.15, 0.2) is 42.5 Å². The summed E-state index contributed by atoms with van der Waals surface area (Å²) in [6.45, 7) is 6.62. The Morgan fingerprint density at radius 2 is 1.63 bits per heavy atom. The summed E-state index contributed by atoms with van der Waals surface area (Å²) in [5.41, 5.74) is 0.257. The third kappa shape index (κ3) is 8.32.